The summed E-state index contributed by atoms with van der Waals surface area (Å²) in [4.78, 5) is 3.89. The molecule has 0 fully saturated rings. The highest BCUT2D eigenvalue weighted by Gasteiger charge is 1.99. The van der Waals surface area contributed by atoms with Gasteiger partial charge in [0.05, 0.1) is 0 Å². The van der Waals surface area contributed by atoms with Crippen molar-refractivity contribution >= 4 is 0 Å². The molecule has 0 N–H and O–H groups in total. The van der Waals surface area contributed by atoms with Gasteiger partial charge in [-0.1, -0.05) is 11.8 Å². The van der Waals surface area contributed by atoms with Gasteiger partial charge < -0.3 is 0 Å². The van der Waals surface area contributed by atoms with Gasteiger partial charge in [0, 0.05) is 23.5 Å². The first kappa shape index (κ1) is 10.3. The molecule has 0 amide bonds. The maximum absolute atomic E-state index is 12.8. The Morgan fingerprint density at radius 2 is 1.75 bits per heavy atom. The van der Waals surface area contributed by atoms with E-state index in [1.165, 1.54) is 6.07 Å². The second-order valence-electron chi connectivity index (χ2n) is 3.12. The Balaban J connectivity index is 2.28. The highest BCUT2D eigenvalue weighted by molar-refractivity contribution is 5.41. The van der Waals surface area contributed by atoms with E-state index in [1.807, 2.05) is 0 Å². The summed E-state index contributed by atoms with van der Waals surface area (Å²) < 4.78 is 25.5. The lowest BCUT2D eigenvalue weighted by molar-refractivity contribution is 0.508. The molecule has 0 saturated heterocycles. The number of benzene rings is 1. The molecule has 0 saturated carbocycles. The van der Waals surface area contributed by atoms with Crippen molar-refractivity contribution in [1.29, 1.82) is 0 Å². The van der Waals surface area contributed by atoms with Crippen molar-refractivity contribution in [2.45, 2.75) is 0 Å². The summed E-state index contributed by atoms with van der Waals surface area (Å²) in [6.45, 7) is 0. The fraction of sp³-hybridized carbons (Fsp3) is 0. The molecule has 0 radical (unpaired) electrons. The maximum Gasteiger partial charge on any atom is 0.160 e. The van der Waals surface area contributed by atoms with Crippen LogP contribution in [-0.4, -0.2) is 4.98 Å². The molecule has 16 heavy (non-hydrogen) atoms. The smallest absolute Gasteiger partial charge is 0.160 e. The van der Waals surface area contributed by atoms with Crippen LogP contribution in [0, 0.1) is 23.5 Å². The van der Waals surface area contributed by atoms with Crippen LogP contribution in [0.15, 0.2) is 42.7 Å². The molecule has 0 atom stereocenters. The number of pyridine rings is 1. The predicted molar refractivity (Wildman–Crippen MR) is 56.6 cm³/mol. The zero-order valence-electron chi connectivity index (χ0n) is 8.24. The van der Waals surface area contributed by atoms with E-state index in [1.54, 1.807) is 24.5 Å². The summed E-state index contributed by atoms with van der Waals surface area (Å²) in [6, 6.07) is 7.11. The molecule has 2 rings (SSSR count). The van der Waals surface area contributed by atoms with Crippen LogP contribution in [-0.2, 0) is 0 Å². The first-order valence-electron chi connectivity index (χ1n) is 4.63. The average molecular weight is 215 g/mol. The van der Waals surface area contributed by atoms with Crippen molar-refractivity contribution in [3.8, 4) is 11.8 Å². The molecular formula is C13H7F2N. The zero-order valence-corrected chi connectivity index (χ0v) is 8.24. The topological polar surface area (TPSA) is 12.9 Å². The zero-order chi connectivity index (χ0) is 11.4. The lowest BCUT2D eigenvalue weighted by Gasteiger charge is -1.92. The Hall–Kier alpha value is -2.21. The summed E-state index contributed by atoms with van der Waals surface area (Å²) in [6.07, 6.45) is 3.25. The summed E-state index contributed by atoms with van der Waals surface area (Å²) >= 11 is 0. The van der Waals surface area contributed by atoms with Gasteiger partial charge in [0.1, 0.15) is 0 Å². The number of rotatable bonds is 0. The molecule has 78 valence electrons. The van der Waals surface area contributed by atoms with Gasteiger partial charge in [0.15, 0.2) is 11.6 Å². The Bertz CT molecular complexity index is 553. The number of hydrogen-bond donors (Lipinski definition) is 0. The molecule has 0 aliphatic heterocycles. The van der Waals surface area contributed by atoms with Gasteiger partial charge in [-0.3, -0.25) is 4.98 Å². The molecule has 1 nitrogen and oxygen atoms in total. The molecule has 0 aliphatic carbocycles. The highest BCUT2D eigenvalue weighted by atomic mass is 19.2. The van der Waals surface area contributed by atoms with E-state index in [9.17, 15) is 8.78 Å². The third-order valence-electron chi connectivity index (χ3n) is 1.93. The van der Waals surface area contributed by atoms with Crippen molar-refractivity contribution in [1.82, 2.24) is 4.98 Å². The average Bonchev–Trinajstić information content (AvgIpc) is 2.32. The van der Waals surface area contributed by atoms with Gasteiger partial charge in [0.2, 0.25) is 0 Å². The summed E-state index contributed by atoms with van der Waals surface area (Å²) in [5.74, 6) is 3.78. The third-order valence-corrected chi connectivity index (χ3v) is 1.93. The quantitative estimate of drug-likeness (QED) is 0.616. The molecule has 0 bridgehead atoms. The van der Waals surface area contributed by atoms with E-state index in [2.05, 4.69) is 16.8 Å². The molecule has 2 aromatic rings. The molecule has 1 heterocycles. The van der Waals surface area contributed by atoms with Crippen LogP contribution >= 0.6 is 0 Å². The first-order chi connectivity index (χ1) is 7.75. The minimum Gasteiger partial charge on any atom is -0.263 e. The second kappa shape index (κ2) is 4.54. The van der Waals surface area contributed by atoms with E-state index in [4.69, 9.17) is 0 Å². The molecule has 0 aliphatic rings. The fourth-order valence-corrected chi connectivity index (χ4v) is 1.15. The Labute approximate surface area is 91.8 Å². The predicted octanol–water partition coefficient (Wildman–Crippen LogP) is 2.76. The summed E-state index contributed by atoms with van der Waals surface area (Å²) in [7, 11) is 0. The van der Waals surface area contributed by atoms with Crippen LogP contribution < -0.4 is 0 Å². The van der Waals surface area contributed by atoms with Crippen molar-refractivity contribution in [3.63, 3.8) is 0 Å². The van der Waals surface area contributed by atoms with Crippen LogP contribution in [0.25, 0.3) is 0 Å². The fourth-order valence-electron chi connectivity index (χ4n) is 1.15. The second-order valence-corrected chi connectivity index (χ2v) is 3.12. The first-order valence-corrected chi connectivity index (χ1v) is 4.63. The lowest BCUT2D eigenvalue weighted by Crippen LogP contribution is -1.84. The minimum atomic E-state index is -0.891. The van der Waals surface area contributed by atoms with Crippen LogP contribution in [0.2, 0.25) is 0 Å². The van der Waals surface area contributed by atoms with Gasteiger partial charge in [0.25, 0.3) is 0 Å². The minimum absolute atomic E-state index is 0.433. The van der Waals surface area contributed by atoms with E-state index in [0.717, 1.165) is 17.7 Å². The van der Waals surface area contributed by atoms with Crippen molar-refractivity contribution in [2.75, 3.05) is 0 Å². The molecule has 1 aromatic heterocycles. The van der Waals surface area contributed by atoms with Gasteiger partial charge in [-0.05, 0) is 30.3 Å². The standard InChI is InChI=1S/C13H7F2N/c14-12-6-5-10(8-13(12)15)3-4-11-2-1-7-16-9-11/h1-2,5-9H. The van der Waals surface area contributed by atoms with E-state index < -0.39 is 11.6 Å². The molecule has 0 spiro atoms. The van der Waals surface area contributed by atoms with Crippen LogP contribution in [0.5, 0.6) is 0 Å². The SMILES string of the molecule is Fc1ccc(C#Cc2cccnc2)cc1F. The monoisotopic (exact) mass is 215 g/mol. The van der Waals surface area contributed by atoms with Gasteiger partial charge in [-0.2, -0.15) is 0 Å². The Kier molecular flexibility index (Phi) is 2.93. The van der Waals surface area contributed by atoms with Crippen LogP contribution in [0.3, 0.4) is 0 Å². The summed E-state index contributed by atoms with van der Waals surface area (Å²) in [5.41, 5.74) is 1.16. The van der Waals surface area contributed by atoms with Crippen LogP contribution in [0.1, 0.15) is 11.1 Å². The normalized spacial score (nSPS) is 9.38. The highest BCUT2D eigenvalue weighted by Crippen LogP contribution is 2.07. The van der Waals surface area contributed by atoms with Gasteiger partial charge in [-0.15, -0.1) is 0 Å². The number of nitrogens with zero attached hydrogens (tertiary/aromatic N) is 1. The van der Waals surface area contributed by atoms with Crippen molar-refractivity contribution < 1.29 is 8.78 Å². The van der Waals surface area contributed by atoms with Crippen molar-refractivity contribution in [2.24, 2.45) is 0 Å². The van der Waals surface area contributed by atoms with E-state index in [0.29, 0.717) is 5.56 Å². The van der Waals surface area contributed by atoms with Crippen molar-refractivity contribution in [3.05, 3.63) is 65.5 Å². The van der Waals surface area contributed by atoms with Crippen LogP contribution in [0.4, 0.5) is 8.78 Å². The van der Waals surface area contributed by atoms with Gasteiger partial charge >= 0.3 is 0 Å². The molecule has 3 heteroatoms. The Morgan fingerprint density at radius 3 is 2.44 bits per heavy atom. The number of halogens is 2. The molecule has 1 aromatic carbocycles. The lowest BCUT2D eigenvalue weighted by atomic mass is 10.2. The largest absolute Gasteiger partial charge is 0.263 e. The maximum atomic E-state index is 12.8. The third kappa shape index (κ3) is 2.43. The molecular weight excluding hydrogens is 208 g/mol. The molecule has 0 unspecified atom stereocenters. The van der Waals surface area contributed by atoms with E-state index in [-0.39, 0.29) is 0 Å². The summed E-state index contributed by atoms with van der Waals surface area (Å²) in [5, 5.41) is 0. The number of aromatic nitrogens is 1. The van der Waals surface area contributed by atoms with Gasteiger partial charge in [-0.25, -0.2) is 8.78 Å². The number of hydrogen-bond acceptors (Lipinski definition) is 1. The Morgan fingerprint density at radius 1 is 0.938 bits per heavy atom. The van der Waals surface area contributed by atoms with E-state index >= 15 is 0 Å².